The molecule has 1 aromatic rings. The Kier molecular flexibility index (Phi) is 8.80. The number of allylic oxidation sites excluding steroid dienone is 3. The van der Waals surface area contributed by atoms with Gasteiger partial charge >= 0.3 is 5.97 Å². The maximum absolute atomic E-state index is 14.9. The molecule has 0 radical (unpaired) electrons. The zero-order chi connectivity index (χ0) is 35.1. The molecule has 5 fully saturated rings. The van der Waals surface area contributed by atoms with Crippen molar-refractivity contribution in [3.63, 3.8) is 0 Å². The Balaban J connectivity index is 1.15. The van der Waals surface area contributed by atoms with E-state index in [1.165, 1.54) is 74.6 Å². The van der Waals surface area contributed by atoms with Crippen LogP contribution in [0.25, 0.3) is 5.57 Å². The van der Waals surface area contributed by atoms with E-state index >= 15 is 0 Å². The molecule has 4 saturated carbocycles. The second kappa shape index (κ2) is 12.3. The van der Waals surface area contributed by atoms with E-state index in [1.54, 1.807) is 0 Å². The van der Waals surface area contributed by atoms with Gasteiger partial charge in [0.2, 0.25) is 5.91 Å². The minimum atomic E-state index is -1.22. The van der Waals surface area contributed by atoms with Crippen LogP contribution in [0.1, 0.15) is 128 Å². The molecule has 6 heteroatoms. The third-order valence-electron chi connectivity index (χ3n) is 16.2. The highest BCUT2D eigenvalue weighted by molar-refractivity contribution is 5.88. The van der Waals surface area contributed by atoms with Crippen molar-refractivity contribution in [2.24, 2.45) is 57.7 Å². The maximum Gasteiger partial charge on any atom is 0.338 e. The van der Waals surface area contributed by atoms with E-state index < -0.39 is 11.8 Å². The first kappa shape index (κ1) is 35.0. The number of aromatic carboxylic acids is 1. The molecule has 49 heavy (non-hydrogen) atoms. The van der Waals surface area contributed by atoms with Crippen LogP contribution in [0.3, 0.4) is 0 Å². The first-order valence-corrected chi connectivity index (χ1v) is 19.6. The second-order valence-corrected chi connectivity index (χ2v) is 18.4. The smallest absolute Gasteiger partial charge is 0.338 e. The Morgan fingerprint density at radius 3 is 2.43 bits per heavy atom. The van der Waals surface area contributed by atoms with Gasteiger partial charge in [-0.1, -0.05) is 58.9 Å². The molecule has 0 unspecified atom stereocenters. The van der Waals surface area contributed by atoms with Crippen molar-refractivity contribution in [1.82, 2.24) is 10.2 Å². The number of benzene rings is 1. The van der Waals surface area contributed by atoms with Gasteiger partial charge in [0.25, 0.3) is 0 Å². The van der Waals surface area contributed by atoms with Crippen molar-refractivity contribution >= 4 is 17.4 Å². The Morgan fingerprint density at radius 2 is 1.76 bits per heavy atom. The van der Waals surface area contributed by atoms with Gasteiger partial charge in [-0.25, -0.2) is 9.18 Å². The van der Waals surface area contributed by atoms with Crippen LogP contribution < -0.4 is 5.32 Å². The number of likely N-dealkylation sites (tertiary alicyclic amines) is 1. The maximum atomic E-state index is 14.9. The van der Waals surface area contributed by atoms with E-state index in [2.05, 4.69) is 64.4 Å². The SMILES string of the molecule is C=C(C)[C@@H]1CC[C@]2(NCCCN3CCCC3=O)CC[C@]3(C)[C@H](CC[C@@H]4[C@@H]5[C@@H](CC[C@]43C)C(C)(C)C(c3ccc(C(=O)O)c(F)c3)=C[C@@H]5C)[C@@H]12. The molecule has 1 heterocycles. The quantitative estimate of drug-likeness (QED) is 0.213. The topological polar surface area (TPSA) is 69.6 Å². The predicted octanol–water partition coefficient (Wildman–Crippen LogP) is 9.39. The predicted molar refractivity (Wildman–Crippen MR) is 194 cm³/mol. The molecule has 2 N–H and O–H groups in total. The summed E-state index contributed by atoms with van der Waals surface area (Å²) in [6.07, 6.45) is 15.1. The van der Waals surface area contributed by atoms with Crippen LogP contribution in [0.5, 0.6) is 0 Å². The Morgan fingerprint density at radius 1 is 1.02 bits per heavy atom. The van der Waals surface area contributed by atoms with Crippen molar-refractivity contribution in [1.29, 1.82) is 0 Å². The fraction of sp³-hybridized carbons (Fsp3) is 0.721. The summed E-state index contributed by atoms with van der Waals surface area (Å²) in [5.41, 5.74) is 3.68. The van der Waals surface area contributed by atoms with Crippen LogP contribution in [-0.4, -0.2) is 47.1 Å². The van der Waals surface area contributed by atoms with Gasteiger partial charge in [0.1, 0.15) is 5.82 Å². The highest BCUT2D eigenvalue weighted by Crippen LogP contribution is 2.74. The fourth-order valence-electron chi connectivity index (χ4n) is 13.6. The Hall–Kier alpha value is -2.47. The van der Waals surface area contributed by atoms with E-state index in [1.807, 2.05) is 6.07 Å². The van der Waals surface area contributed by atoms with Gasteiger partial charge in [-0.15, -0.1) is 0 Å². The zero-order valence-electron chi connectivity index (χ0n) is 31.0. The van der Waals surface area contributed by atoms with E-state index in [0.29, 0.717) is 47.3 Å². The number of carboxylic acid groups (broad SMARTS) is 1. The standard InChI is InChI=1S/C43H61FN2O3/c1-26(2)29-15-18-43(45-21-9-23-46-22-8-10-36(46)47)20-19-42(7)33(38(29)43)14-13-32-37-27(3)24-34(28-11-12-30(39(48)49)35(44)25-28)40(4,5)31(37)16-17-41(32,42)6/h11-12,24-25,27,29,31-33,37-38,45H,1,8-10,13-23H2,2-7H3,(H,48,49)/t27-,29-,31+,32+,33+,37-,38+,41+,42+,43-/m0/s1. The van der Waals surface area contributed by atoms with Crippen LogP contribution >= 0.6 is 0 Å². The summed E-state index contributed by atoms with van der Waals surface area (Å²) in [4.78, 5) is 25.8. The average molecular weight is 673 g/mol. The van der Waals surface area contributed by atoms with Gasteiger partial charge in [-0.3, -0.25) is 4.79 Å². The normalized spacial score (nSPS) is 41.0. The first-order valence-electron chi connectivity index (χ1n) is 19.6. The van der Waals surface area contributed by atoms with Crippen molar-refractivity contribution < 1.29 is 19.1 Å². The second-order valence-electron chi connectivity index (χ2n) is 18.4. The number of amides is 1. The van der Waals surface area contributed by atoms with Gasteiger partial charge in [0, 0.05) is 25.0 Å². The fourth-order valence-corrected chi connectivity index (χ4v) is 13.6. The summed E-state index contributed by atoms with van der Waals surface area (Å²) in [6, 6.07) is 4.71. The van der Waals surface area contributed by atoms with Crippen LogP contribution in [-0.2, 0) is 4.79 Å². The molecule has 5 aliphatic carbocycles. The number of carboxylic acids is 1. The minimum absolute atomic E-state index is 0.130. The number of nitrogens with one attached hydrogen (secondary N) is 1. The number of carbonyl (C=O) groups is 2. The number of halogens is 1. The minimum Gasteiger partial charge on any atom is -0.478 e. The first-order chi connectivity index (χ1) is 23.1. The van der Waals surface area contributed by atoms with E-state index in [-0.39, 0.29) is 27.3 Å². The molecule has 10 atom stereocenters. The Bertz CT molecular complexity index is 1550. The Labute approximate surface area is 294 Å². The van der Waals surface area contributed by atoms with Gasteiger partial charge in [0.05, 0.1) is 5.56 Å². The largest absolute Gasteiger partial charge is 0.478 e. The summed E-state index contributed by atoms with van der Waals surface area (Å²) in [7, 11) is 0. The van der Waals surface area contributed by atoms with Crippen LogP contribution in [0.15, 0.2) is 36.4 Å². The molecule has 0 bridgehead atoms. The summed E-state index contributed by atoms with van der Waals surface area (Å²) < 4.78 is 14.9. The lowest BCUT2D eigenvalue weighted by Crippen LogP contribution is -2.66. The van der Waals surface area contributed by atoms with E-state index in [9.17, 15) is 19.1 Å². The van der Waals surface area contributed by atoms with Gasteiger partial charge in [-0.05, 0) is 159 Å². The van der Waals surface area contributed by atoms with Crippen molar-refractivity contribution in [3.8, 4) is 0 Å². The zero-order valence-corrected chi connectivity index (χ0v) is 31.0. The lowest BCUT2D eigenvalue weighted by Gasteiger charge is -2.70. The lowest BCUT2D eigenvalue weighted by molar-refractivity contribution is -0.199. The van der Waals surface area contributed by atoms with Crippen molar-refractivity contribution in [3.05, 3.63) is 53.4 Å². The highest BCUT2D eigenvalue weighted by atomic mass is 19.1. The van der Waals surface area contributed by atoms with Gasteiger partial charge < -0.3 is 15.3 Å². The molecule has 1 aromatic carbocycles. The number of rotatable bonds is 8. The number of hydrogen-bond acceptors (Lipinski definition) is 3. The van der Waals surface area contributed by atoms with Crippen LogP contribution in [0.2, 0.25) is 0 Å². The third kappa shape index (κ3) is 5.30. The number of hydrogen-bond donors (Lipinski definition) is 2. The molecule has 5 nitrogen and oxygen atoms in total. The van der Waals surface area contributed by atoms with E-state index in [0.717, 1.165) is 44.5 Å². The monoisotopic (exact) mass is 672 g/mol. The molecule has 1 amide bonds. The van der Waals surface area contributed by atoms with Crippen molar-refractivity contribution in [2.75, 3.05) is 19.6 Å². The van der Waals surface area contributed by atoms with Crippen LogP contribution in [0.4, 0.5) is 4.39 Å². The van der Waals surface area contributed by atoms with Crippen molar-refractivity contribution in [2.45, 2.75) is 118 Å². The molecule has 1 aliphatic heterocycles. The summed E-state index contributed by atoms with van der Waals surface area (Å²) in [5.74, 6) is 2.42. The molecular weight excluding hydrogens is 611 g/mol. The van der Waals surface area contributed by atoms with E-state index in [4.69, 9.17) is 0 Å². The summed E-state index contributed by atoms with van der Waals surface area (Å²) >= 11 is 0. The molecule has 0 aromatic heterocycles. The van der Waals surface area contributed by atoms with Gasteiger partial charge in [0.15, 0.2) is 0 Å². The molecule has 0 spiro atoms. The average Bonchev–Trinajstić information content (AvgIpc) is 3.64. The number of fused-ring (bicyclic) bond motifs is 7. The molecular formula is C43H61FN2O3. The molecule has 1 saturated heterocycles. The highest BCUT2D eigenvalue weighted by Gasteiger charge is 2.68. The number of carbonyl (C=O) groups excluding carboxylic acids is 1. The van der Waals surface area contributed by atoms with Crippen LogP contribution in [0, 0.1) is 63.5 Å². The number of nitrogens with zero attached hydrogens (tertiary/aromatic N) is 1. The molecule has 7 rings (SSSR count). The summed E-state index contributed by atoms with van der Waals surface area (Å²) in [5, 5.41) is 13.6. The summed E-state index contributed by atoms with van der Waals surface area (Å²) in [6.45, 7) is 22.1. The van der Waals surface area contributed by atoms with Gasteiger partial charge in [-0.2, -0.15) is 0 Å². The lowest BCUT2D eigenvalue weighted by atomic mass is 9.35. The third-order valence-corrected chi connectivity index (χ3v) is 16.2. The molecule has 268 valence electrons. The molecule has 6 aliphatic rings.